The zero-order chi connectivity index (χ0) is 11.5. The van der Waals surface area contributed by atoms with Crippen LogP contribution >= 0.6 is 11.6 Å². The number of pyridine rings is 1. The van der Waals surface area contributed by atoms with E-state index in [0.717, 1.165) is 6.07 Å². The third-order valence-electron chi connectivity index (χ3n) is 1.67. The molecule has 0 radical (unpaired) electrons. The van der Waals surface area contributed by atoms with Crippen molar-refractivity contribution in [1.82, 2.24) is 4.98 Å². The van der Waals surface area contributed by atoms with E-state index in [0.29, 0.717) is 5.88 Å². The van der Waals surface area contributed by atoms with Gasteiger partial charge in [0.05, 0.1) is 0 Å². The van der Waals surface area contributed by atoms with Gasteiger partial charge < -0.3 is 5.32 Å². The molecule has 1 aromatic heterocycles. The number of anilines is 1. The molecule has 1 N–H and O–H groups in total. The fraction of sp³-hybridized carbons (Fsp3) is 0.444. The summed E-state index contributed by atoms with van der Waals surface area (Å²) >= 11 is 5.52. The predicted molar refractivity (Wildman–Crippen MR) is 53.0 cm³/mol. The molecular formula is C9H10ClF3N2. The molecule has 0 aliphatic heterocycles. The molecule has 6 heteroatoms. The van der Waals surface area contributed by atoms with Crippen LogP contribution in [-0.2, 0) is 6.18 Å². The average molecular weight is 239 g/mol. The zero-order valence-electron chi connectivity index (χ0n) is 7.98. The Kier molecular flexibility index (Phi) is 3.79. The lowest BCUT2D eigenvalue weighted by Gasteiger charge is -2.12. The SMILES string of the molecule is CC(CCl)Nc1cccc(C(F)(F)F)n1. The molecule has 0 aliphatic rings. The Hall–Kier alpha value is -0.970. The van der Waals surface area contributed by atoms with Crippen LogP contribution in [0.4, 0.5) is 19.0 Å². The maximum atomic E-state index is 12.3. The van der Waals surface area contributed by atoms with Crippen molar-refractivity contribution in [3.05, 3.63) is 23.9 Å². The van der Waals surface area contributed by atoms with E-state index >= 15 is 0 Å². The first-order valence-corrected chi connectivity index (χ1v) is 4.83. The van der Waals surface area contributed by atoms with Gasteiger partial charge in [-0.2, -0.15) is 13.2 Å². The van der Waals surface area contributed by atoms with Gasteiger partial charge in [0.25, 0.3) is 0 Å². The van der Waals surface area contributed by atoms with Crippen molar-refractivity contribution in [2.75, 3.05) is 11.2 Å². The number of hydrogen-bond donors (Lipinski definition) is 1. The van der Waals surface area contributed by atoms with Crippen molar-refractivity contribution in [2.45, 2.75) is 19.1 Å². The molecule has 1 heterocycles. The van der Waals surface area contributed by atoms with Crippen molar-refractivity contribution in [1.29, 1.82) is 0 Å². The summed E-state index contributed by atoms with van der Waals surface area (Å²) in [6.45, 7) is 1.76. The molecule has 0 amide bonds. The molecule has 1 rings (SSSR count). The predicted octanol–water partition coefficient (Wildman–Crippen LogP) is 3.14. The molecule has 0 bridgehead atoms. The van der Waals surface area contributed by atoms with Crippen LogP contribution in [0.15, 0.2) is 18.2 Å². The van der Waals surface area contributed by atoms with E-state index in [-0.39, 0.29) is 11.9 Å². The highest BCUT2D eigenvalue weighted by molar-refractivity contribution is 6.18. The van der Waals surface area contributed by atoms with Crippen molar-refractivity contribution < 1.29 is 13.2 Å². The zero-order valence-corrected chi connectivity index (χ0v) is 8.73. The van der Waals surface area contributed by atoms with Crippen molar-refractivity contribution in [3.63, 3.8) is 0 Å². The molecule has 0 saturated carbocycles. The van der Waals surface area contributed by atoms with E-state index in [2.05, 4.69) is 10.3 Å². The van der Waals surface area contributed by atoms with Crippen LogP contribution in [-0.4, -0.2) is 16.9 Å². The molecule has 1 atom stereocenters. The van der Waals surface area contributed by atoms with Crippen LogP contribution in [0.25, 0.3) is 0 Å². The molecule has 0 saturated heterocycles. The maximum Gasteiger partial charge on any atom is 0.433 e. The Morgan fingerprint density at radius 3 is 2.67 bits per heavy atom. The smallest absolute Gasteiger partial charge is 0.366 e. The van der Waals surface area contributed by atoms with E-state index in [1.54, 1.807) is 6.92 Å². The number of nitrogens with one attached hydrogen (secondary N) is 1. The van der Waals surface area contributed by atoms with Gasteiger partial charge in [-0.1, -0.05) is 6.07 Å². The van der Waals surface area contributed by atoms with Crippen LogP contribution in [0.2, 0.25) is 0 Å². The molecule has 0 aromatic carbocycles. The van der Waals surface area contributed by atoms with Gasteiger partial charge in [-0.25, -0.2) is 4.98 Å². The third-order valence-corrected chi connectivity index (χ3v) is 2.13. The van der Waals surface area contributed by atoms with Gasteiger partial charge in [0.15, 0.2) is 0 Å². The van der Waals surface area contributed by atoms with Crippen LogP contribution in [0, 0.1) is 0 Å². The Bertz CT molecular complexity index is 327. The van der Waals surface area contributed by atoms with E-state index in [9.17, 15) is 13.2 Å². The number of hydrogen-bond acceptors (Lipinski definition) is 2. The van der Waals surface area contributed by atoms with E-state index in [1.807, 2.05) is 0 Å². The minimum Gasteiger partial charge on any atom is -0.366 e. The fourth-order valence-corrected chi connectivity index (χ4v) is 1.04. The van der Waals surface area contributed by atoms with Crippen LogP contribution < -0.4 is 5.32 Å². The molecule has 2 nitrogen and oxygen atoms in total. The van der Waals surface area contributed by atoms with Gasteiger partial charge >= 0.3 is 6.18 Å². The summed E-state index contributed by atoms with van der Waals surface area (Å²) in [5.74, 6) is 0.482. The van der Waals surface area contributed by atoms with Crippen molar-refractivity contribution in [2.24, 2.45) is 0 Å². The van der Waals surface area contributed by atoms with Crippen LogP contribution in [0.3, 0.4) is 0 Å². The monoisotopic (exact) mass is 238 g/mol. The first kappa shape index (κ1) is 12.1. The lowest BCUT2D eigenvalue weighted by atomic mass is 10.3. The van der Waals surface area contributed by atoms with Gasteiger partial charge in [0, 0.05) is 11.9 Å². The molecule has 84 valence electrons. The highest BCUT2D eigenvalue weighted by atomic mass is 35.5. The lowest BCUT2D eigenvalue weighted by Crippen LogP contribution is -2.18. The molecule has 1 aromatic rings. The fourth-order valence-electron chi connectivity index (χ4n) is 0.964. The highest BCUT2D eigenvalue weighted by Gasteiger charge is 2.32. The minimum atomic E-state index is -4.41. The van der Waals surface area contributed by atoms with E-state index in [1.165, 1.54) is 12.1 Å². The molecule has 0 fully saturated rings. The summed E-state index contributed by atoms with van der Waals surface area (Å²) in [4.78, 5) is 3.44. The highest BCUT2D eigenvalue weighted by Crippen LogP contribution is 2.28. The van der Waals surface area contributed by atoms with E-state index < -0.39 is 11.9 Å². The second kappa shape index (κ2) is 4.70. The second-order valence-electron chi connectivity index (χ2n) is 3.11. The normalized spacial score (nSPS) is 13.7. The topological polar surface area (TPSA) is 24.9 Å². The molecular weight excluding hydrogens is 229 g/mol. The summed E-state index contributed by atoms with van der Waals surface area (Å²) < 4.78 is 36.8. The van der Waals surface area contributed by atoms with Crippen LogP contribution in [0.5, 0.6) is 0 Å². The Morgan fingerprint density at radius 2 is 2.13 bits per heavy atom. The number of rotatable bonds is 3. The van der Waals surface area contributed by atoms with Gasteiger partial charge in [-0.3, -0.25) is 0 Å². The lowest BCUT2D eigenvalue weighted by molar-refractivity contribution is -0.141. The summed E-state index contributed by atoms with van der Waals surface area (Å²) in [5, 5.41) is 2.76. The standard InChI is InChI=1S/C9H10ClF3N2/c1-6(5-10)14-8-4-2-3-7(15-8)9(11,12)13/h2-4,6H,5H2,1H3,(H,14,15). The Labute approximate surface area is 90.5 Å². The molecule has 15 heavy (non-hydrogen) atoms. The van der Waals surface area contributed by atoms with Crippen molar-refractivity contribution in [3.8, 4) is 0 Å². The number of halogens is 4. The number of alkyl halides is 4. The molecule has 0 spiro atoms. The molecule has 1 unspecified atom stereocenters. The second-order valence-corrected chi connectivity index (χ2v) is 3.41. The van der Waals surface area contributed by atoms with Crippen molar-refractivity contribution >= 4 is 17.4 Å². The average Bonchev–Trinajstić information content (AvgIpc) is 2.17. The van der Waals surface area contributed by atoms with Crippen LogP contribution in [0.1, 0.15) is 12.6 Å². The summed E-state index contributed by atoms with van der Waals surface area (Å²) in [6.07, 6.45) is -4.41. The van der Waals surface area contributed by atoms with Gasteiger partial charge in [-0.15, -0.1) is 11.6 Å². The first-order chi connectivity index (χ1) is 6.93. The quantitative estimate of drug-likeness (QED) is 0.819. The Balaban J connectivity index is 2.84. The first-order valence-electron chi connectivity index (χ1n) is 4.30. The summed E-state index contributed by atoms with van der Waals surface area (Å²) in [6, 6.07) is 3.58. The number of aromatic nitrogens is 1. The van der Waals surface area contributed by atoms with E-state index in [4.69, 9.17) is 11.6 Å². The minimum absolute atomic E-state index is 0.123. The van der Waals surface area contributed by atoms with Gasteiger partial charge in [0.1, 0.15) is 11.5 Å². The third kappa shape index (κ3) is 3.58. The molecule has 0 aliphatic carbocycles. The van der Waals surface area contributed by atoms with Gasteiger partial charge in [0.2, 0.25) is 0 Å². The summed E-state index contributed by atoms with van der Waals surface area (Å²) in [7, 11) is 0. The maximum absolute atomic E-state index is 12.3. The summed E-state index contributed by atoms with van der Waals surface area (Å²) in [5.41, 5.74) is -0.908. The van der Waals surface area contributed by atoms with Gasteiger partial charge in [-0.05, 0) is 19.1 Å². The largest absolute Gasteiger partial charge is 0.433 e. The number of nitrogens with zero attached hydrogens (tertiary/aromatic N) is 1. The Morgan fingerprint density at radius 1 is 1.47 bits per heavy atom.